The van der Waals surface area contributed by atoms with E-state index in [1.807, 2.05) is 73.3 Å². The number of furan rings is 1. The van der Waals surface area contributed by atoms with Gasteiger partial charge in [-0.15, -0.1) is 0 Å². The number of benzene rings is 3. The average Bonchev–Trinajstić information content (AvgIpc) is 3.65. The van der Waals surface area contributed by atoms with Gasteiger partial charge >= 0.3 is 0 Å². The Labute approximate surface area is 262 Å². The van der Waals surface area contributed by atoms with Crippen molar-refractivity contribution in [2.45, 2.75) is 39.0 Å². The summed E-state index contributed by atoms with van der Waals surface area (Å²) in [6.07, 6.45) is 2.93. The first-order chi connectivity index (χ1) is 21.5. The first-order valence-electron chi connectivity index (χ1n) is 15.1. The van der Waals surface area contributed by atoms with Gasteiger partial charge in [-0.25, -0.2) is 8.42 Å². The summed E-state index contributed by atoms with van der Waals surface area (Å²) in [5.74, 6) is 0.759. The van der Waals surface area contributed by atoms with Crippen LogP contribution < -0.4 is 9.04 Å². The van der Waals surface area contributed by atoms with Crippen molar-refractivity contribution >= 4 is 49.3 Å². The number of aromatic nitrogens is 1. The number of nitrogens with one attached hydrogen (secondary N) is 1. The Balaban J connectivity index is 1.45. The molecule has 0 spiro atoms. The van der Waals surface area contributed by atoms with Crippen molar-refractivity contribution in [3.8, 4) is 17.1 Å². The van der Waals surface area contributed by atoms with Crippen LogP contribution in [0.4, 0.5) is 5.69 Å². The van der Waals surface area contributed by atoms with Gasteiger partial charge in [0.1, 0.15) is 22.8 Å². The Kier molecular flexibility index (Phi) is 7.95. The predicted molar refractivity (Wildman–Crippen MR) is 177 cm³/mol. The minimum atomic E-state index is -3.63. The van der Waals surface area contributed by atoms with E-state index in [1.54, 1.807) is 13.2 Å². The number of hydrogen-bond acceptors (Lipinski definition) is 6. The van der Waals surface area contributed by atoms with Crippen LogP contribution in [-0.4, -0.2) is 63.5 Å². The van der Waals surface area contributed by atoms with Crippen LogP contribution in [0.25, 0.3) is 33.2 Å². The predicted octanol–water partition coefficient (Wildman–Crippen LogP) is 6.91. The smallest absolute Gasteiger partial charge is 0.270 e. The molecular weight excluding hydrogens is 590 g/mol. The van der Waals surface area contributed by atoms with E-state index in [1.165, 1.54) is 11.4 Å². The number of fused-ring (bicyclic) bond motifs is 2. The number of aryl methyl sites for hydroxylation is 1. The zero-order valence-corrected chi connectivity index (χ0v) is 27.0. The van der Waals surface area contributed by atoms with Gasteiger partial charge in [0.15, 0.2) is 5.78 Å². The van der Waals surface area contributed by atoms with Crippen LogP contribution in [0.2, 0.25) is 0 Å². The van der Waals surface area contributed by atoms with Crippen molar-refractivity contribution in [1.82, 2.24) is 9.88 Å². The normalized spacial score (nSPS) is 15.5. The second kappa shape index (κ2) is 11.7. The minimum Gasteiger partial charge on any atom is -0.495 e. The van der Waals surface area contributed by atoms with E-state index in [2.05, 4.69) is 4.98 Å². The fourth-order valence-corrected chi connectivity index (χ4v) is 6.80. The van der Waals surface area contributed by atoms with Gasteiger partial charge in [-0.2, -0.15) is 0 Å². The molecule has 0 bridgehead atoms. The van der Waals surface area contributed by atoms with Crippen LogP contribution >= 0.6 is 0 Å². The minimum absolute atomic E-state index is 0.0609. The number of carbonyl (C=O) groups excluding carboxylic acids is 2. The summed E-state index contributed by atoms with van der Waals surface area (Å²) in [5, 5.41) is 1.52. The molecule has 3 heterocycles. The number of carbonyl (C=O) groups is 2. The molecule has 0 saturated carbocycles. The Bertz CT molecular complexity index is 2040. The number of nitrogens with zero attached hydrogens (tertiary/aromatic N) is 2. The first kappa shape index (κ1) is 30.5. The number of sulfonamides is 1. The number of piperidine rings is 1. The van der Waals surface area contributed by atoms with Crippen molar-refractivity contribution in [3.63, 3.8) is 0 Å². The van der Waals surface area contributed by atoms with Crippen LogP contribution in [0.5, 0.6) is 5.75 Å². The molecule has 1 fully saturated rings. The van der Waals surface area contributed by atoms with E-state index in [0.717, 1.165) is 46.7 Å². The summed E-state index contributed by atoms with van der Waals surface area (Å²) in [5.41, 5.74) is 5.24. The third-order valence-corrected chi connectivity index (χ3v) is 10.00. The number of Topliss-reactive ketones (excluding diaryl/α,β-unsaturated/α-hetero) is 1. The van der Waals surface area contributed by atoms with Crippen molar-refractivity contribution in [2.75, 3.05) is 37.8 Å². The zero-order chi connectivity index (χ0) is 32.0. The van der Waals surface area contributed by atoms with Crippen LogP contribution in [0.1, 0.15) is 64.1 Å². The number of hydrogen-bond donors (Lipinski definition) is 1. The highest BCUT2D eigenvalue weighted by Crippen LogP contribution is 2.42. The van der Waals surface area contributed by atoms with Gasteiger partial charge in [-0.3, -0.25) is 13.9 Å². The summed E-state index contributed by atoms with van der Waals surface area (Å²) < 4.78 is 38.7. The summed E-state index contributed by atoms with van der Waals surface area (Å²) in [6.45, 7) is 4.77. The third kappa shape index (κ3) is 5.59. The van der Waals surface area contributed by atoms with Gasteiger partial charge in [0.05, 0.1) is 30.1 Å². The Hall–Kier alpha value is -4.57. The molecule has 1 saturated heterocycles. The van der Waals surface area contributed by atoms with E-state index in [0.29, 0.717) is 52.5 Å². The molecule has 0 radical (unpaired) electrons. The van der Waals surface area contributed by atoms with Gasteiger partial charge in [0, 0.05) is 54.9 Å². The quantitative estimate of drug-likeness (QED) is 0.187. The lowest BCUT2D eigenvalue weighted by Gasteiger charge is -2.34. The fourth-order valence-electron chi connectivity index (χ4n) is 6.29. The Morgan fingerprint density at radius 2 is 1.87 bits per heavy atom. The molecule has 5 aromatic rings. The largest absolute Gasteiger partial charge is 0.495 e. The van der Waals surface area contributed by atoms with E-state index >= 15 is 0 Å². The maximum atomic E-state index is 13.8. The lowest BCUT2D eigenvalue weighted by atomic mass is 9.87. The van der Waals surface area contributed by atoms with E-state index in [4.69, 9.17) is 9.15 Å². The molecule has 9 nitrogen and oxygen atoms in total. The molecule has 234 valence electrons. The number of para-hydroxylation sites is 1. The molecule has 3 aromatic carbocycles. The van der Waals surface area contributed by atoms with Crippen LogP contribution in [0.15, 0.2) is 65.1 Å². The van der Waals surface area contributed by atoms with Gasteiger partial charge in [0.2, 0.25) is 10.0 Å². The Morgan fingerprint density at radius 3 is 2.56 bits per heavy atom. The topological polar surface area (TPSA) is 113 Å². The highest BCUT2D eigenvalue weighted by molar-refractivity contribution is 7.92. The summed E-state index contributed by atoms with van der Waals surface area (Å²) in [6, 6.07) is 18.9. The third-order valence-electron chi connectivity index (χ3n) is 8.80. The van der Waals surface area contributed by atoms with E-state index < -0.39 is 10.0 Å². The number of aromatic amines is 1. The summed E-state index contributed by atoms with van der Waals surface area (Å²) in [7, 11) is -0.520. The molecule has 1 aliphatic heterocycles. The molecule has 0 aliphatic carbocycles. The highest BCUT2D eigenvalue weighted by Gasteiger charge is 2.32. The maximum Gasteiger partial charge on any atom is 0.270 e. The van der Waals surface area contributed by atoms with Crippen LogP contribution in [-0.2, 0) is 10.0 Å². The number of methoxy groups -OCH3 is 1. The van der Waals surface area contributed by atoms with Crippen LogP contribution in [0.3, 0.4) is 0 Å². The van der Waals surface area contributed by atoms with Gasteiger partial charge in [-0.05, 0) is 43.5 Å². The fraction of sp³-hybridized carbons (Fsp3) is 0.314. The second-order valence-electron chi connectivity index (χ2n) is 11.8. The molecule has 1 atom stereocenters. The monoisotopic (exact) mass is 627 g/mol. The van der Waals surface area contributed by atoms with Gasteiger partial charge in [-0.1, -0.05) is 48.9 Å². The summed E-state index contributed by atoms with van der Waals surface area (Å²) in [4.78, 5) is 32.2. The molecule has 1 N–H and O–H groups in total. The number of ether oxygens (including phenoxy) is 1. The number of H-pyrrole nitrogens is 1. The number of rotatable bonds is 8. The van der Waals surface area contributed by atoms with Crippen molar-refractivity contribution in [3.05, 3.63) is 83.0 Å². The second-order valence-corrected chi connectivity index (χ2v) is 13.8. The number of ketones is 1. The van der Waals surface area contributed by atoms with Gasteiger partial charge in [0.25, 0.3) is 5.91 Å². The molecule has 1 amide bonds. The van der Waals surface area contributed by atoms with Crippen LogP contribution in [0, 0.1) is 6.92 Å². The Morgan fingerprint density at radius 1 is 1.11 bits per heavy atom. The molecule has 10 heteroatoms. The molecule has 1 aliphatic rings. The maximum absolute atomic E-state index is 13.8. The SMILES string of the molecule is CCC(=O)c1c(-c2ccc(C)cc2)oc2cc(N(C)S(C)(=O)=O)c([C@@H]3CCCN(C(=O)c4cc5cccc(OC)c5[nH]4)C3)cc12. The van der Waals surface area contributed by atoms with Crippen molar-refractivity contribution in [2.24, 2.45) is 0 Å². The number of anilines is 1. The average molecular weight is 628 g/mol. The van der Waals surface area contributed by atoms with E-state index in [9.17, 15) is 18.0 Å². The molecule has 45 heavy (non-hydrogen) atoms. The molecular formula is C35H37N3O6S. The van der Waals surface area contributed by atoms with Crippen molar-refractivity contribution < 1.29 is 27.2 Å². The number of amides is 1. The van der Waals surface area contributed by atoms with Gasteiger partial charge < -0.3 is 19.0 Å². The molecule has 0 unspecified atom stereocenters. The summed E-state index contributed by atoms with van der Waals surface area (Å²) >= 11 is 0. The lowest BCUT2D eigenvalue weighted by molar-refractivity contribution is 0.0702. The molecule has 2 aromatic heterocycles. The molecule has 6 rings (SSSR count). The van der Waals surface area contributed by atoms with Crippen molar-refractivity contribution in [1.29, 1.82) is 0 Å². The van der Waals surface area contributed by atoms with E-state index in [-0.39, 0.29) is 24.0 Å². The lowest BCUT2D eigenvalue weighted by Crippen LogP contribution is -2.39. The zero-order valence-electron chi connectivity index (χ0n) is 26.1. The first-order valence-corrected chi connectivity index (χ1v) is 16.9. The standard InChI is InChI=1S/C35H37N3O6S/c1-6-29(39)32-26-18-25(28(37(3)45(5,41)42)19-31(26)44-34(32)22-14-12-21(2)13-15-22)24-10-8-16-38(20-24)35(40)27-17-23-9-7-11-30(43-4)33(23)36-27/h7,9,11-15,17-19,24,36H,6,8,10,16,20H2,1-5H3/t24-/m1/s1. The number of likely N-dealkylation sites (tertiary alicyclic amines) is 1. The highest BCUT2D eigenvalue weighted by atomic mass is 32.2.